The molecule has 0 radical (unpaired) electrons. The van der Waals surface area contributed by atoms with Crippen LogP contribution in [-0.4, -0.2) is 24.1 Å². The minimum absolute atomic E-state index is 0.0820. The Hall–Kier alpha value is -1.37. The van der Waals surface area contributed by atoms with Crippen molar-refractivity contribution < 1.29 is 5.11 Å². The minimum Gasteiger partial charge on any atom is -0.507 e. The van der Waals surface area contributed by atoms with E-state index in [2.05, 4.69) is 97.8 Å². The van der Waals surface area contributed by atoms with Gasteiger partial charge in [-0.2, -0.15) is 0 Å². The standard InChI is InChI=1S/C25H38NOP/c1-10-25(7,21-15-17(2)14-20(22(21)27)24(4,5)6)28-23-18(3)12-11-13-19(23)16-26(8)9/h11-15,27-28H,10,16H2,1-9H3. The van der Waals surface area contributed by atoms with E-state index < -0.39 is 0 Å². The van der Waals surface area contributed by atoms with Gasteiger partial charge in [0.05, 0.1) is 0 Å². The normalized spacial score (nSPS) is 14.8. The lowest BCUT2D eigenvalue weighted by molar-refractivity contribution is 0.403. The smallest absolute Gasteiger partial charge is 0.123 e. The van der Waals surface area contributed by atoms with Crippen LogP contribution in [0.5, 0.6) is 5.75 Å². The van der Waals surface area contributed by atoms with Gasteiger partial charge in [0.1, 0.15) is 5.75 Å². The summed E-state index contributed by atoms with van der Waals surface area (Å²) in [6.07, 6.45) is 0.988. The highest BCUT2D eigenvalue weighted by Crippen LogP contribution is 2.50. The van der Waals surface area contributed by atoms with Gasteiger partial charge in [-0.25, -0.2) is 0 Å². The first-order valence-corrected chi connectivity index (χ1v) is 11.2. The van der Waals surface area contributed by atoms with E-state index in [1.807, 2.05) is 0 Å². The fraction of sp³-hybridized carbons (Fsp3) is 0.520. The molecule has 0 heterocycles. The summed E-state index contributed by atoms with van der Waals surface area (Å²) in [5.74, 6) is 0.484. The molecule has 28 heavy (non-hydrogen) atoms. The quantitative estimate of drug-likeness (QED) is 0.603. The average Bonchev–Trinajstić information content (AvgIpc) is 2.58. The average molecular weight is 400 g/mol. The molecular formula is C25H38NOP. The maximum atomic E-state index is 11.3. The van der Waals surface area contributed by atoms with Gasteiger partial charge in [0.2, 0.25) is 0 Å². The molecule has 154 valence electrons. The van der Waals surface area contributed by atoms with Crippen molar-refractivity contribution in [1.82, 2.24) is 4.90 Å². The van der Waals surface area contributed by atoms with Crippen molar-refractivity contribution in [2.45, 2.75) is 72.0 Å². The molecule has 2 unspecified atom stereocenters. The van der Waals surface area contributed by atoms with Crippen LogP contribution in [0.4, 0.5) is 0 Å². The van der Waals surface area contributed by atoms with Crippen molar-refractivity contribution in [1.29, 1.82) is 0 Å². The number of aromatic hydroxyl groups is 1. The van der Waals surface area contributed by atoms with Crippen LogP contribution in [0, 0.1) is 13.8 Å². The van der Waals surface area contributed by atoms with Crippen LogP contribution >= 0.6 is 8.58 Å². The van der Waals surface area contributed by atoms with E-state index in [4.69, 9.17) is 0 Å². The third kappa shape index (κ3) is 4.97. The molecule has 0 bridgehead atoms. The van der Waals surface area contributed by atoms with Crippen LogP contribution < -0.4 is 5.30 Å². The molecule has 2 atom stereocenters. The summed E-state index contributed by atoms with van der Waals surface area (Å²) in [6, 6.07) is 11.0. The topological polar surface area (TPSA) is 23.5 Å². The third-order valence-electron chi connectivity index (χ3n) is 5.61. The van der Waals surface area contributed by atoms with Crippen molar-refractivity contribution >= 4 is 13.9 Å². The second kappa shape index (κ2) is 8.56. The van der Waals surface area contributed by atoms with E-state index in [-0.39, 0.29) is 10.6 Å². The minimum atomic E-state index is -0.0940. The highest BCUT2D eigenvalue weighted by molar-refractivity contribution is 7.48. The van der Waals surface area contributed by atoms with Crippen LogP contribution in [0.15, 0.2) is 30.3 Å². The van der Waals surface area contributed by atoms with Crippen LogP contribution in [0.25, 0.3) is 0 Å². The first kappa shape index (κ1) is 22.9. The monoisotopic (exact) mass is 399 g/mol. The summed E-state index contributed by atoms with van der Waals surface area (Å²) < 4.78 is 0. The second-order valence-electron chi connectivity index (χ2n) is 9.62. The van der Waals surface area contributed by atoms with Gasteiger partial charge in [-0.05, 0) is 61.8 Å². The molecule has 3 heteroatoms. The summed E-state index contributed by atoms with van der Waals surface area (Å²) in [6.45, 7) is 16.4. The molecule has 2 rings (SSSR count). The Balaban J connectivity index is 2.61. The van der Waals surface area contributed by atoms with E-state index >= 15 is 0 Å². The van der Waals surface area contributed by atoms with Crippen molar-refractivity contribution in [2.75, 3.05) is 14.1 Å². The molecule has 2 aromatic rings. The Morgan fingerprint density at radius 2 is 1.61 bits per heavy atom. The third-order valence-corrected chi connectivity index (χ3v) is 7.75. The Kier molecular flexibility index (Phi) is 7.00. The van der Waals surface area contributed by atoms with E-state index in [1.165, 1.54) is 22.0 Å². The maximum Gasteiger partial charge on any atom is 0.123 e. The molecule has 0 amide bonds. The number of nitrogens with zero attached hydrogens (tertiary/aromatic N) is 1. The van der Waals surface area contributed by atoms with Gasteiger partial charge < -0.3 is 10.0 Å². The fourth-order valence-corrected chi connectivity index (χ4v) is 5.43. The molecule has 0 aromatic heterocycles. The van der Waals surface area contributed by atoms with Crippen LogP contribution in [0.3, 0.4) is 0 Å². The molecular weight excluding hydrogens is 361 g/mol. The van der Waals surface area contributed by atoms with Crippen LogP contribution in [-0.2, 0) is 17.1 Å². The molecule has 1 N–H and O–H groups in total. The number of phenols is 1. The summed E-state index contributed by atoms with van der Waals surface area (Å²) in [7, 11) is 4.85. The lowest BCUT2D eigenvalue weighted by Gasteiger charge is -2.34. The van der Waals surface area contributed by atoms with Gasteiger partial charge in [-0.1, -0.05) is 79.1 Å². The van der Waals surface area contributed by atoms with Gasteiger partial charge in [-0.15, -0.1) is 0 Å². The number of aryl methyl sites for hydroxylation is 2. The van der Waals surface area contributed by atoms with Crippen LogP contribution in [0.1, 0.15) is 68.9 Å². The van der Waals surface area contributed by atoms with E-state index in [9.17, 15) is 5.11 Å². The molecule has 0 aliphatic rings. The Labute approximate surface area is 174 Å². The zero-order valence-corrected chi connectivity index (χ0v) is 20.2. The lowest BCUT2D eigenvalue weighted by atomic mass is 9.82. The summed E-state index contributed by atoms with van der Waals surface area (Å²) >= 11 is 0. The zero-order chi connectivity index (χ0) is 21.3. The number of hydrogen-bond donors (Lipinski definition) is 1. The first-order valence-electron chi connectivity index (χ1n) is 10.2. The van der Waals surface area contributed by atoms with Crippen molar-refractivity contribution in [2.24, 2.45) is 0 Å². The van der Waals surface area contributed by atoms with E-state index in [0.717, 1.165) is 24.1 Å². The maximum absolute atomic E-state index is 11.3. The van der Waals surface area contributed by atoms with Gasteiger partial charge >= 0.3 is 0 Å². The van der Waals surface area contributed by atoms with Gasteiger partial charge in [0.15, 0.2) is 0 Å². The molecule has 0 aliphatic carbocycles. The van der Waals surface area contributed by atoms with Gasteiger partial charge in [0.25, 0.3) is 0 Å². The highest BCUT2D eigenvalue weighted by Gasteiger charge is 2.32. The largest absolute Gasteiger partial charge is 0.507 e. The Morgan fingerprint density at radius 1 is 1.00 bits per heavy atom. The molecule has 0 spiro atoms. The van der Waals surface area contributed by atoms with Crippen molar-refractivity contribution in [3.63, 3.8) is 0 Å². The number of hydrogen-bond acceptors (Lipinski definition) is 2. The zero-order valence-electron chi connectivity index (χ0n) is 19.2. The summed E-state index contributed by atoms with van der Waals surface area (Å²) in [5, 5.41) is 12.6. The van der Waals surface area contributed by atoms with Crippen molar-refractivity contribution in [3.05, 3.63) is 58.1 Å². The SMILES string of the molecule is CCC(C)(Pc1c(C)cccc1CN(C)C)c1cc(C)cc(C(C)(C)C)c1O. The molecule has 2 nitrogen and oxygen atoms in total. The number of benzene rings is 2. The first-order chi connectivity index (χ1) is 12.9. The molecule has 0 fully saturated rings. The van der Waals surface area contributed by atoms with Gasteiger partial charge in [-0.3, -0.25) is 0 Å². The van der Waals surface area contributed by atoms with Crippen molar-refractivity contribution in [3.8, 4) is 5.75 Å². The predicted molar refractivity (Wildman–Crippen MR) is 126 cm³/mol. The van der Waals surface area contributed by atoms with Crippen LogP contribution in [0.2, 0.25) is 0 Å². The Morgan fingerprint density at radius 3 is 2.14 bits per heavy atom. The highest BCUT2D eigenvalue weighted by atomic mass is 31.1. The number of phenolic OH excluding ortho intramolecular Hbond substituents is 1. The second-order valence-corrected chi connectivity index (χ2v) is 11.5. The van der Waals surface area contributed by atoms with Gasteiger partial charge in [0, 0.05) is 17.3 Å². The summed E-state index contributed by atoms with van der Waals surface area (Å²) in [4.78, 5) is 2.23. The van der Waals surface area contributed by atoms with E-state index in [0.29, 0.717) is 14.3 Å². The summed E-state index contributed by atoms with van der Waals surface area (Å²) in [5.41, 5.74) is 6.02. The fourth-order valence-electron chi connectivity index (χ4n) is 3.77. The Bertz CT molecular complexity index is 835. The molecule has 0 saturated carbocycles. The molecule has 0 aliphatic heterocycles. The lowest BCUT2D eigenvalue weighted by Crippen LogP contribution is -2.25. The van der Waals surface area contributed by atoms with E-state index in [1.54, 1.807) is 0 Å². The molecule has 2 aromatic carbocycles. The number of rotatable bonds is 6. The molecule has 0 saturated heterocycles. The predicted octanol–water partition coefficient (Wildman–Crippen LogP) is 6.00.